The van der Waals surface area contributed by atoms with E-state index in [4.69, 9.17) is 4.74 Å². The van der Waals surface area contributed by atoms with E-state index in [1.54, 1.807) is 6.07 Å². The van der Waals surface area contributed by atoms with Crippen LogP contribution in [0.25, 0.3) is 0 Å². The van der Waals surface area contributed by atoms with Crippen LogP contribution >= 0.6 is 0 Å². The van der Waals surface area contributed by atoms with Gasteiger partial charge in [-0.1, -0.05) is 6.92 Å². The molecule has 0 atom stereocenters. The van der Waals surface area contributed by atoms with Crippen LogP contribution in [0, 0.1) is 5.92 Å². The van der Waals surface area contributed by atoms with Gasteiger partial charge in [0.1, 0.15) is 10.6 Å². The average molecular weight is 340 g/mol. The number of benzene rings is 1. The Labute approximate surface area is 137 Å². The van der Waals surface area contributed by atoms with Crippen molar-refractivity contribution >= 4 is 15.9 Å². The molecule has 0 bridgehead atoms. The average Bonchev–Trinajstić information content (AvgIpc) is 3.37. The number of methoxy groups -OCH3 is 1. The van der Waals surface area contributed by atoms with Gasteiger partial charge in [0.25, 0.3) is 5.91 Å². The van der Waals surface area contributed by atoms with Gasteiger partial charge in [-0.2, -0.15) is 0 Å². The third kappa shape index (κ3) is 4.23. The molecule has 0 unspecified atom stereocenters. The molecule has 1 aliphatic rings. The van der Waals surface area contributed by atoms with Crippen molar-refractivity contribution in [3.8, 4) is 5.75 Å². The number of hydrogen-bond donors (Lipinski definition) is 1. The summed E-state index contributed by atoms with van der Waals surface area (Å²) in [7, 11) is -0.954. The van der Waals surface area contributed by atoms with Gasteiger partial charge in [0.05, 0.1) is 7.11 Å². The molecule has 1 N–H and O–H groups in total. The number of carbonyl (C=O) groups excluding carboxylic acids is 1. The summed E-state index contributed by atoms with van der Waals surface area (Å²) in [5.41, 5.74) is 0.369. The highest BCUT2D eigenvalue weighted by atomic mass is 32.2. The number of ether oxygens (including phenoxy) is 1. The molecule has 1 saturated carbocycles. The van der Waals surface area contributed by atoms with E-state index in [9.17, 15) is 13.2 Å². The Kier molecular flexibility index (Phi) is 5.64. The Hall–Kier alpha value is -1.60. The first-order chi connectivity index (χ1) is 10.9. The first-order valence-electron chi connectivity index (χ1n) is 7.83. The number of hydrogen-bond acceptors (Lipinski definition) is 4. The second kappa shape index (κ2) is 7.31. The number of nitrogens with zero attached hydrogens (tertiary/aromatic N) is 1. The number of sulfonamides is 1. The molecule has 2 rings (SSSR count). The minimum absolute atomic E-state index is 0.0174. The summed E-state index contributed by atoms with van der Waals surface area (Å²) < 4.78 is 31.6. The number of carbonyl (C=O) groups is 1. The van der Waals surface area contributed by atoms with Crippen LogP contribution in [0.5, 0.6) is 5.75 Å². The minimum Gasteiger partial charge on any atom is -0.495 e. The fourth-order valence-electron chi connectivity index (χ4n) is 2.47. The maximum Gasteiger partial charge on any atom is 0.253 e. The fourth-order valence-corrected chi connectivity index (χ4v) is 3.39. The van der Waals surface area contributed by atoms with Gasteiger partial charge < -0.3 is 9.64 Å². The molecule has 1 aromatic rings. The molecule has 0 saturated heterocycles. The van der Waals surface area contributed by atoms with Crippen LogP contribution in [-0.4, -0.2) is 46.5 Å². The molecular weight excluding hydrogens is 316 g/mol. The van der Waals surface area contributed by atoms with Gasteiger partial charge in [-0.3, -0.25) is 4.79 Å². The van der Waals surface area contributed by atoms with E-state index < -0.39 is 10.0 Å². The van der Waals surface area contributed by atoms with Crippen molar-refractivity contribution in [2.75, 3.05) is 27.2 Å². The van der Waals surface area contributed by atoms with Crippen LogP contribution in [0.2, 0.25) is 0 Å². The molecule has 0 aliphatic heterocycles. The van der Waals surface area contributed by atoms with E-state index in [0.717, 1.165) is 25.8 Å². The van der Waals surface area contributed by atoms with Crippen LogP contribution in [0.15, 0.2) is 23.1 Å². The summed E-state index contributed by atoms with van der Waals surface area (Å²) in [5.74, 6) is 0.679. The maximum atomic E-state index is 12.7. The normalized spacial score (nSPS) is 14.6. The zero-order valence-electron chi connectivity index (χ0n) is 13.8. The van der Waals surface area contributed by atoms with Crippen LogP contribution in [0.3, 0.4) is 0 Å². The Morgan fingerprint density at radius 2 is 2.09 bits per heavy atom. The Balaban J connectivity index is 2.34. The van der Waals surface area contributed by atoms with Crippen LogP contribution in [-0.2, 0) is 10.0 Å². The lowest BCUT2D eigenvalue weighted by Crippen LogP contribution is -2.33. The molecule has 1 aromatic carbocycles. The van der Waals surface area contributed by atoms with E-state index in [2.05, 4.69) is 4.72 Å². The highest BCUT2D eigenvalue weighted by molar-refractivity contribution is 7.89. The van der Waals surface area contributed by atoms with Crippen molar-refractivity contribution in [2.45, 2.75) is 31.1 Å². The Morgan fingerprint density at radius 1 is 1.39 bits per heavy atom. The summed E-state index contributed by atoms with van der Waals surface area (Å²) in [6, 6.07) is 4.53. The third-order valence-electron chi connectivity index (χ3n) is 3.93. The summed E-state index contributed by atoms with van der Waals surface area (Å²) in [4.78, 5) is 14.5. The second-order valence-corrected chi connectivity index (χ2v) is 7.62. The highest BCUT2D eigenvalue weighted by Crippen LogP contribution is 2.31. The topological polar surface area (TPSA) is 75.7 Å². The molecule has 0 spiro atoms. The first-order valence-corrected chi connectivity index (χ1v) is 9.32. The molecule has 0 heterocycles. The lowest BCUT2D eigenvalue weighted by atomic mass is 10.1. The summed E-state index contributed by atoms with van der Waals surface area (Å²) in [5, 5.41) is 0. The van der Waals surface area contributed by atoms with E-state index in [-0.39, 0.29) is 16.6 Å². The molecule has 128 valence electrons. The van der Waals surface area contributed by atoms with Crippen molar-refractivity contribution in [1.29, 1.82) is 0 Å². The Morgan fingerprint density at radius 3 is 2.61 bits per heavy atom. The first kappa shape index (κ1) is 17.7. The summed E-state index contributed by atoms with van der Waals surface area (Å²) >= 11 is 0. The predicted molar refractivity (Wildman–Crippen MR) is 88.2 cm³/mol. The smallest absolute Gasteiger partial charge is 0.253 e. The van der Waals surface area contributed by atoms with Crippen LogP contribution < -0.4 is 9.46 Å². The molecule has 23 heavy (non-hydrogen) atoms. The van der Waals surface area contributed by atoms with Gasteiger partial charge in [-0.25, -0.2) is 13.1 Å². The molecule has 1 fully saturated rings. The molecule has 7 heteroatoms. The van der Waals surface area contributed by atoms with Crippen LogP contribution in [0.1, 0.15) is 36.5 Å². The van der Waals surface area contributed by atoms with Gasteiger partial charge in [0, 0.05) is 18.7 Å². The fraction of sp³-hybridized carbons (Fsp3) is 0.562. The molecular formula is C16H24N2O4S. The lowest BCUT2D eigenvalue weighted by Gasteiger charge is -2.22. The van der Waals surface area contributed by atoms with Gasteiger partial charge in [-0.15, -0.1) is 0 Å². The lowest BCUT2D eigenvalue weighted by molar-refractivity contribution is 0.0747. The van der Waals surface area contributed by atoms with E-state index in [1.807, 2.05) is 11.8 Å². The minimum atomic E-state index is -3.69. The zero-order chi connectivity index (χ0) is 17.0. The number of amides is 1. The van der Waals surface area contributed by atoms with Gasteiger partial charge >= 0.3 is 0 Å². The number of rotatable bonds is 8. The predicted octanol–water partition coefficient (Wildman–Crippen LogP) is 1.87. The van der Waals surface area contributed by atoms with Gasteiger partial charge in [0.2, 0.25) is 10.0 Å². The van der Waals surface area contributed by atoms with E-state index >= 15 is 0 Å². The van der Waals surface area contributed by atoms with Crippen molar-refractivity contribution < 1.29 is 17.9 Å². The maximum absolute atomic E-state index is 12.7. The van der Waals surface area contributed by atoms with Crippen molar-refractivity contribution in [1.82, 2.24) is 9.62 Å². The van der Waals surface area contributed by atoms with Gasteiger partial charge in [0.15, 0.2) is 0 Å². The summed E-state index contributed by atoms with van der Waals surface area (Å²) in [6.45, 7) is 3.44. The van der Waals surface area contributed by atoms with Crippen molar-refractivity contribution in [3.63, 3.8) is 0 Å². The van der Waals surface area contributed by atoms with E-state index in [0.29, 0.717) is 18.0 Å². The monoisotopic (exact) mass is 340 g/mol. The number of nitrogens with one attached hydrogen (secondary N) is 1. The molecule has 0 aromatic heterocycles. The quantitative estimate of drug-likeness (QED) is 0.784. The Bertz CT molecular complexity index is 669. The van der Waals surface area contributed by atoms with Crippen molar-refractivity contribution in [2.24, 2.45) is 5.92 Å². The molecule has 6 nitrogen and oxygen atoms in total. The highest BCUT2D eigenvalue weighted by Gasteiger charge is 2.28. The molecule has 1 aliphatic carbocycles. The standard InChI is InChI=1S/C16H24N2O4S/c1-4-9-18(11-12-5-6-12)16(19)13-7-8-14(22-3)15(10-13)23(20,21)17-2/h7-8,10,12,17H,4-6,9,11H2,1-3H3. The zero-order valence-corrected chi connectivity index (χ0v) is 14.6. The molecule has 0 radical (unpaired) electrons. The summed E-state index contributed by atoms with van der Waals surface area (Å²) in [6.07, 6.45) is 3.20. The second-order valence-electron chi connectivity index (χ2n) is 5.77. The van der Waals surface area contributed by atoms with Gasteiger partial charge in [-0.05, 0) is 50.4 Å². The molecule has 1 amide bonds. The largest absolute Gasteiger partial charge is 0.495 e. The van der Waals surface area contributed by atoms with Crippen LogP contribution in [0.4, 0.5) is 0 Å². The third-order valence-corrected chi connectivity index (χ3v) is 5.36. The van der Waals surface area contributed by atoms with E-state index in [1.165, 1.54) is 26.3 Å². The van der Waals surface area contributed by atoms with Crippen molar-refractivity contribution in [3.05, 3.63) is 23.8 Å². The SMILES string of the molecule is CCCN(CC1CC1)C(=O)c1ccc(OC)c(S(=O)(=O)NC)c1.